The van der Waals surface area contributed by atoms with Crippen molar-refractivity contribution in [1.29, 1.82) is 0 Å². The molecular weight excluding hydrogens is 700 g/mol. The molecule has 0 heterocycles. The molecule has 0 unspecified atom stereocenters. The van der Waals surface area contributed by atoms with Crippen LogP contribution in [0.3, 0.4) is 0 Å². The molecule has 0 aliphatic heterocycles. The second kappa shape index (κ2) is 27.3. The molecule has 0 amide bonds. The second-order valence-electron chi connectivity index (χ2n) is 15.9. The van der Waals surface area contributed by atoms with Crippen LogP contribution < -0.4 is 4.74 Å². The van der Waals surface area contributed by atoms with Crippen molar-refractivity contribution in [2.75, 3.05) is 19.8 Å². The molecule has 1 aromatic rings. The molecule has 2 aliphatic rings. The number of halogens is 1. The summed E-state index contributed by atoms with van der Waals surface area (Å²) in [5.74, 6) is 0.0787. The minimum Gasteiger partial charge on any atom is -0.494 e. The van der Waals surface area contributed by atoms with Gasteiger partial charge in [-0.2, -0.15) is 0 Å². The van der Waals surface area contributed by atoms with Gasteiger partial charge in [-0.05, 0) is 93.4 Å². The van der Waals surface area contributed by atoms with Crippen LogP contribution in [0.4, 0.5) is 0 Å². The molecule has 54 heavy (non-hydrogen) atoms. The Balaban J connectivity index is 1.17. The maximum atomic E-state index is 12.4. The zero-order valence-electron chi connectivity index (χ0n) is 33.7. The Kier molecular flexibility index (Phi) is 23.3. The lowest BCUT2D eigenvalue weighted by Crippen LogP contribution is -2.40. The van der Waals surface area contributed by atoms with Gasteiger partial charge in [-0.15, -0.1) is 11.6 Å². The molecule has 306 valence electrons. The fraction of sp³-hybridized carbons (Fsp3) is 0.739. The number of alkyl halides is 1. The number of benzene rings is 1. The fourth-order valence-corrected chi connectivity index (χ4v) is 8.46. The molecule has 0 saturated heterocycles. The van der Waals surface area contributed by atoms with Gasteiger partial charge in [-0.1, -0.05) is 122 Å². The van der Waals surface area contributed by atoms with Crippen molar-refractivity contribution >= 4 is 23.5 Å². The highest BCUT2D eigenvalue weighted by molar-refractivity contribution is 6.21. The van der Waals surface area contributed by atoms with Crippen LogP contribution >= 0.6 is 11.6 Å². The van der Waals surface area contributed by atoms with E-state index in [0.717, 1.165) is 44.3 Å². The van der Waals surface area contributed by atoms with Gasteiger partial charge < -0.3 is 24.4 Å². The predicted molar refractivity (Wildman–Crippen MR) is 220 cm³/mol. The van der Waals surface area contributed by atoms with Crippen molar-refractivity contribution in [3.8, 4) is 5.75 Å². The lowest BCUT2D eigenvalue weighted by Gasteiger charge is -2.45. The number of carbonyl (C=O) groups is 2. The van der Waals surface area contributed by atoms with Crippen LogP contribution in [0.2, 0.25) is 0 Å². The van der Waals surface area contributed by atoms with Gasteiger partial charge in [-0.3, -0.25) is 4.79 Å². The number of hydrogen-bond acceptors (Lipinski definition) is 7. The Bertz CT molecular complexity index is 1200. The van der Waals surface area contributed by atoms with E-state index in [4.69, 9.17) is 25.8 Å². The summed E-state index contributed by atoms with van der Waals surface area (Å²) in [5.41, 5.74) is 0.508. The van der Waals surface area contributed by atoms with Crippen LogP contribution in [0, 0.1) is 17.3 Å². The minimum atomic E-state index is -0.471. The van der Waals surface area contributed by atoms with Gasteiger partial charge in [0, 0.05) is 17.7 Å². The Morgan fingerprint density at radius 3 is 2.07 bits per heavy atom. The van der Waals surface area contributed by atoms with Crippen molar-refractivity contribution in [3.05, 3.63) is 54.1 Å². The van der Waals surface area contributed by atoms with E-state index < -0.39 is 12.1 Å². The Morgan fingerprint density at radius 1 is 0.833 bits per heavy atom. The van der Waals surface area contributed by atoms with Crippen LogP contribution in [0.5, 0.6) is 5.75 Å². The third-order valence-electron chi connectivity index (χ3n) is 11.9. The summed E-state index contributed by atoms with van der Waals surface area (Å²) in [6.07, 6.45) is 32.6. The van der Waals surface area contributed by atoms with Crippen molar-refractivity contribution < 1.29 is 34.0 Å². The monoisotopic (exact) mass is 773 g/mol. The zero-order chi connectivity index (χ0) is 38.9. The molecule has 1 aromatic carbocycles. The highest BCUT2D eigenvalue weighted by Crippen LogP contribution is 2.48. The molecule has 0 bridgehead atoms. The summed E-state index contributed by atoms with van der Waals surface area (Å²) in [7, 11) is 0. The molecule has 2 saturated carbocycles. The summed E-state index contributed by atoms with van der Waals surface area (Å²) in [4.78, 5) is 24.6. The van der Waals surface area contributed by atoms with Gasteiger partial charge in [0.25, 0.3) is 0 Å². The number of aliphatic hydroxyl groups is 2. The largest absolute Gasteiger partial charge is 0.494 e. The van der Waals surface area contributed by atoms with E-state index in [2.05, 4.69) is 32.1 Å². The average Bonchev–Trinajstić information content (AvgIpc) is 3.42. The van der Waals surface area contributed by atoms with Gasteiger partial charge in [0.05, 0.1) is 24.4 Å². The number of carbonyl (C=O) groups excluding carboxylic acids is 2. The first-order valence-electron chi connectivity index (χ1n) is 21.7. The average molecular weight is 774 g/mol. The predicted octanol–water partition coefficient (Wildman–Crippen LogP) is 11.5. The molecule has 0 spiro atoms. The van der Waals surface area contributed by atoms with Crippen LogP contribution in [0.25, 0.3) is 0 Å². The van der Waals surface area contributed by atoms with E-state index in [0.29, 0.717) is 31.4 Å². The third kappa shape index (κ3) is 17.2. The number of esters is 2. The Hall–Kier alpha value is -2.35. The minimum absolute atomic E-state index is 0.00264. The first-order chi connectivity index (χ1) is 26.3. The molecule has 0 aromatic heterocycles. The number of aliphatic hydroxyl groups excluding tert-OH is 2. The number of ether oxygens (including phenoxy) is 3. The summed E-state index contributed by atoms with van der Waals surface area (Å²) in [6.45, 7) is 5.13. The number of hydrogen-bond donors (Lipinski definition) is 2. The van der Waals surface area contributed by atoms with Crippen molar-refractivity contribution in [3.63, 3.8) is 0 Å². The number of rotatable bonds is 30. The summed E-state index contributed by atoms with van der Waals surface area (Å²) >= 11 is 6.62. The van der Waals surface area contributed by atoms with E-state index in [1.165, 1.54) is 83.5 Å². The molecule has 5 atom stereocenters. The second-order valence-corrected chi connectivity index (χ2v) is 16.4. The Morgan fingerprint density at radius 2 is 1.46 bits per heavy atom. The lowest BCUT2D eigenvalue weighted by molar-refractivity contribution is -0.144. The smallest absolute Gasteiger partial charge is 0.338 e. The third-order valence-corrected chi connectivity index (χ3v) is 12.4. The van der Waals surface area contributed by atoms with E-state index >= 15 is 0 Å². The van der Waals surface area contributed by atoms with Crippen LogP contribution in [0.15, 0.2) is 48.6 Å². The molecule has 2 aliphatic carbocycles. The van der Waals surface area contributed by atoms with Gasteiger partial charge in [0.15, 0.2) is 0 Å². The van der Waals surface area contributed by atoms with E-state index in [1.54, 1.807) is 24.3 Å². The highest BCUT2D eigenvalue weighted by atomic mass is 35.5. The molecular formula is C46H73ClO7. The van der Waals surface area contributed by atoms with Crippen molar-refractivity contribution in [2.45, 2.75) is 179 Å². The van der Waals surface area contributed by atoms with E-state index in [-0.39, 0.29) is 54.3 Å². The van der Waals surface area contributed by atoms with Crippen molar-refractivity contribution in [2.24, 2.45) is 17.3 Å². The maximum absolute atomic E-state index is 12.4. The SMILES string of the molecule is CCCCCCCCCCCCCCCOc1ccc(C(=O)OCCOC(=O)CCC/C=C\C[C@@H]2[C@@H](/C=C/C[C@H](O)C3(CC)CCC3)[C@H](O)C[C@H]2Cl)cc1. The van der Waals surface area contributed by atoms with Crippen LogP contribution in [0.1, 0.15) is 172 Å². The Labute approximate surface area is 332 Å². The lowest BCUT2D eigenvalue weighted by atomic mass is 9.63. The van der Waals surface area contributed by atoms with Gasteiger partial charge in [0.2, 0.25) is 0 Å². The normalized spacial score (nSPS) is 21.4. The van der Waals surface area contributed by atoms with Gasteiger partial charge in [-0.25, -0.2) is 4.79 Å². The fourth-order valence-electron chi connectivity index (χ4n) is 8.01. The molecule has 0 radical (unpaired) electrons. The topological polar surface area (TPSA) is 102 Å². The quantitative estimate of drug-likeness (QED) is 0.0347. The van der Waals surface area contributed by atoms with E-state index in [1.807, 2.05) is 6.08 Å². The zero-order valence-corrected chi connectivity index (χ0v) is 34.5. The van der Waals surface area contributed by atoms with E-state index in [9.17, 15) is 19.8 Å². The van der Waals surface area contributed by atoms with Crippen LogP contribution in [-0.2, 0) is 14.3 Å². The molecule has 3 rings (SSSR count). The van der Waals surface area contributed by atoms with Gasteiger partial charge >= 0.3 is 11.9 Å². The van der Waals surface area contributed by atoms with Crippen molar-refractivity contribution in [1.82, 2.24) is 0 Å². The van der Waals surface area contributed by atoms with Gasteiger partial charge in [0.1, 0.15) is 19.0 Å². The standard InChI is InChI=1S/C46H73ClO7/c1-3-5-6-7-8-9-10-11-12-13-14-17-20-33-52-38-29-27-37(28-30-38)45(51)54-35-34-53-44(50)26-19-16-15-18-23-39-40(42(48)36-41(39)47)24-21-25-43(49)46(4-2)31-22-32-46/h15,18,21,24,27-30,39-43,48-49H,3-14,16-17,19-20,22-23,25-26,31-36H2,1-2H3/b18-15-,24-21+/t39-,40-,41-,42-,43+/m1/s1. The first kappa shape index (κ1) is 46.0. The number of allylic oxidation sites excluding steroid dienone is 2. The molecule has 8 heteroatoms. The maximum Gasteiger partial charge on any atom is 0.338 e. The molecule has 2 fully saturated rings. The molecule has 2 N–H and O–H groups in total. The summed E-state index contributed by atoms with van der Waals surface area (Å²) in [6, 6.07) is 6.98. The summed E-state index contributed by atoms with van der Waals surface area (Å²) < 4.78 is 16.4. The number of unbranched alkanes of at least 4 members (excludes halogenated alkanes) is 13. The summed E-state index contributed by atoms with van der Waals surface area (Å²) in [5, 5.41) is 21.3. The molecule has 7 nitrogen and oxygen atoms in total. The first-order valence-corrected chi connectivity index (χ1v) is 22.1. The van der Waals surface area contributed by atoms with Crippen LogP contribution in [-0.4, -0.2) is 59.6 Å². The highest BCUT2D eigenvalue weighted by Gasteiger charge is 2.42.